The van der Waals surface area contributed by atoms with Crippen molar-refractivity contribution in [1.82, 2.24) is 19.4 Å². The summed E-state index contributed by atoms with van der Waals surface area (Å²) in [5.74, 6) is 0.250. The normalized spacial score (nSPS) is 11.0. The summed E-state index contributed by atoms with van der Waals surface area (Å²) in [6, 6.07) is 1.85. The van der Waals surface area contributed by atoms with Gasteiger partial charge in [0.15, 0.2) is 10.8 Å². The number of hydrogen-bond donors (Lipinski definition) is 0. The number of imidazole rings is 1. The van der Waals surface area contributed by atoms with Crippen LogP contribution >= 0.6 is 23.1 Å². The first kappa shape index (κ1) is 14.0. The van der Waals surface area contributed by atoms with Gasteiger partial charge in [-0.15, -0.1) is 11.8 Å². The van der Waals surface area contributed by atoms with Crippen LogP contribution < -0.4 is 0 Å². The maximum atomic E-state index is 11.8. The number of ether oxygens (including phenoxy) is 1. The molecular formula is C13H12N4O2S2. The maximum Gasteiger partial charge on any atom is 0.349 e. The van der Waals surface area contributed by atoms with E-state index in [1.165, 1.54) is 11.3 Å². The van der Waals surface area contributed by atoms with Crippen molar-refractivity contribution in [2.45, 2.75) is 11.9 Å². The van der Waals surface area contributed by atoms with Gasteiger partial charge >= 0.3 is 5.97 Å². The van der Waals surface area contributed by atoms with Crippen LogP contribution in [0.5, 0.6) is 0 Å². The number of carbonyl (C=O) groups excluding carboxylic acids is 1. The van der Waals surface area contributed by atoms with Crippen molar-refractivity contribution in [3.05, 3.63) is 29.5 Å². The van der Waals surface area contributed by atoms with Crippen LogP contribution in [0.2, 0.25) is 0 Å². The molecular weight excluding hydrogens is 308 g/mol. The maximum absolute atomic E-state index is 11.8. The quantitative estimate of drug-likeness (QED) is 0.418. The Balaban J connectivity index is 2.04. The van der Waals surface area contributed by atoms with Crippen molar-refractivity contribution >= 4 is 34.0 Å². The third kappa shape index (κ3) is 2.64. The number of rotatable bonds is 4. The minimum atomic E-state index is -0.335. The fraction of sp³-hybridized carbons (Fsp3) is 0.231. The number of carbonyl (C=O) groups is 1. The number of esters is 1. The van der Waals surface area contributed by atoms with Gasteiger partial charge in [-0.2, -0.15) is 0 Å². The molecule has 0 aliphatic rings. The summed E-state index contributed by atoms with van der Waals surface area (Å²) < 4.78 is 6.82. The third-order valence-electron chi connectivity index (χ3n) is 2.76. The standard InChI is InChI=1S/C13H12N4O2S2/c1-3-19-12(18)9-7-17-8(6-15-13(17)21-9)11-14-5-4-10(16-11)20-2/h4-7H,3H2,1-2H3. The molecule has 0 saturated carbocycles. The fourth-order valence-electron chi connectivity index (χ4n) is 1.83. The largest absolute Gasteiger partial charge is 0.462 e. The lowest BCUT2D eigenvalue weighted by molar-refractivity contribution is 0.0531. The van der Waals surface area contributed by atoms with Crippen molar-refractivity contribution in [3.8, 4) is 11.5 Å². The van der Waals surface area contributed by atoms with E-state index in [1.807, 2.05) is 16.7 Å². The molecule has 0 atom stereocenters. The highest BCUT2D eigenvalue weighted by atomic mass is 32.2. The second-order valence-electron chi connectivity index (χ2n) is 4.03. The first-order valence-electron chi connectivity index (χ1n) is 6.24. The highest BCUT2D eigenvalue weighted by Gasteiger charge is 2.16. The highest BCUT2D eigenvalue weighted by Crippen LogP contribution is 2.25. The Bertz CT molecular complexity index is 796. The molecule has 0 aliphatic carbocycles. The van der Waals surface area contributed by atoms with Gasteiger partial charge in [0.05, 0.1) is 17.8 Å². The van der Waals surface area contributed by atoms with Gasteiger partial charge in [0.25, 0.3) is 0 Å². The average molecular weight is 320 g/mol. The van der Waals surface area contributed by atoms with Gasteiger partial charge in [0, 0.05) is 12.4 Å². The summed E-state index contributed by atoms with van der Waals surface area (Å²) in [7, 11) is 0. The van der Waals surface area contributed by atoms with E-state index in [9.17, 15) is 4.79 Å². The smallest absolute Gasteiger partial charge is 0.349 e. The number of thioether (sulfide) groups is 1. The molecule has 0 N–H and O–H groups in total. The Labute approximate surface area is 129 Å². The van der Waals surface area contributed by atoms with Gasteiger partial charge in [-0.3, -0.25) is 4.40 Å². The summed E-state index contributed by atoms with van der Waals surface area (Å²) in [5.41, 5.74) is 0.757. The molecule has 0 saturated heterocycles. The van der Waals surface area contributed by atoms with Crippen molar-refractivity contribution in [3.63, 3.8) is 0 Å². The topological polar surface area (TPSA) is 69.4 Å². The van der Waals surface area contributed by atoms with Crippen LogP contribution in [0.15, 0.2) is 29.7 Å². The number of thiazole rings is 1. The summed E-state index contributed by atoms with van der Waals surface area (Å²) in [6.45, 7) is 2.13. The number of fused-ring (bicyclic) bond motifs is 1. The van der Waals surface area contributed by atoms with Crippen LogP contribution in [0.25, 0.3) is 16.5 Å². The third-order valence-corrected chi connectivity index (χ3v) is 4.38. The zero-order valence-corrected chi connectivity index (χ0v) is 13.1. The summed E-state index contributed by atoms with van der Waals surface area (Å²) >= 11 is 2.84. The first-order chi connectivity index (χ1) is 10.2. The number of aromatic nitrogens is 4. The predicted octanol–water partition coefficient (Wildman–Crippen LogP) is 2.75. The molecule has 0 spiro atoms. The molecule has 3 aromatic heterocycles. The van der Waals surface area contributed by atoms with Gasteiger partial charge in [-0.1, -0.05) is 11.3 Å². The highest BCUT2D eigenvalue weighted by molar-refractivity contribution is 7.98. The van der Waals surface area contributed by atoms with E-state index in [2.05, 4.69) is 15.0 Å². The molecule has 3 heterocycles. The van der Waals surface area contributed by atoms with Gasteiger partial charge in [0.1, 0.15) is 10.6 Å². The second kappa shape index (κ2) is 5.82. The van der Waals surface area contributed by atoms with Crippen LogP contribution in [0.1, 0.15) is 16.6 Å². The summed E-state index contributed by atoms with van der Waals surface area (Å²) in [6.07, 6.45) is 7.10. The van der Waals surface area contributed by atoms with Gasteiger partial charge in [-0.25, -0.2) is 19.7 Å². The zero-order valence-electron chi connectivity index (χ0n) is 11.4. The van der Waals surface area contributed by atoms with Crippen LogP contribution in [-0.2, 0) is 4.74 Å². The lowest BCUT2D eigenvalue weighted by Crippen LogP contribution is -2.02. The summed E-state index contributed by atoms with van der Waals surface area (Å²) in [4.78, 5) is 26.0. The first-order valence-corrected chi connectivity index (χ1v) is 8.28. The minimum Gasteiger partial charge on any atom is -0.462 e. The molecule has 0 unspecified atom stereocenters. The Morgan fingerprint density at radius 3 is 3.10 bits per heavy atom. The molecule has 0 aromatic carbocycles. The van der Waals surface area contributed by atoms with E-state index in [-0.39, 0.29) is 5.97 Å². The van der Waals surface area contributed by atoms with Crippen LogP contribution in [0, 0.1) is 0 Å². The van der Waals surface area contributed by atoms with Gasteiger partial charge in [0.2, 0.25) is 0 Å². The van der Waals surface area contributed by atoms with Crippen LogP contribution in [-0.4, -0.2) is 38.2 Å². The molecule has 3 rings (SSSR count). The summed E-state index contributed by atoms with van der Waals surface area (Å²) in [5, 5.41) is 0.885. The lowest BCUT2D eigenvalue weighted by Gasteiger charge is -2.00. The molecule has 0 aliphatic heterocycles. The SMILES string of the molecule is CCOC(=O)c1cn2c(-c3nccc(SC)n3)cnc2s1. The van der Waals surface area contributed by atoms with Crippen molar-refractivity contribution < 1.29 is 9.53 Å². The van der Waals surface area contributed by atoms with Gasteiger partial charge in [-0.05, 0) is 19.2 Å². The fourth-order valence-corrected chi connectivity index (χ4v) is 3.05. The van der Waals surface area contributed by atoms with E-state index in [1.54, 1.807) is 37.3 Å². The number of hydrogen-bond acceptors (Lipinski definition) is 7. The Morgan fingerprint density at radius 1 is 1.48 bits per heavy atom. The van der Waals surface area contributed by atoms with Crippen LogP contribution in [0.3, 0.4) is 0 Å². The van der Waals surface area contributed by atoms with E-state index in [0.29, 0.717) is 22.3 Å². The van der Waals surface area contributed by atoms with Crippen molar-refractivity contribution in [2.75, 3.05) is 12.9 Å². The van der Waals surface area contributed by atoms with E-state index in [4.69, 9.17) is 4.74 Å². The molecule has 8 heteroatoms. The molecule has 21 heavy (non-hydrogen) atoms. The van der Waals surface area contributed by atoms with E-state index in [0.717, 1.165) is 10.7 Å². The number of nitrogens with zero attached hydrogens (tertiary/aromatic N) is 4. The van der Waals surface area contributed by atoms with E-state index < -0.39 is 0 Å². The Hall–Kier alpha value is -1.93. The van der Waals surface area contributed by atoms with E-state index >= 15 is 0 Å². The zero-order chi connectivity index (χ0) is 14.8. The van der Waals surface area contributed by atoms with Crippen molar-refractivity contribution in [1.29, 1.82) is 0 Å². The van der Waals surface area contributed by atoms with Crippen LogP contribution in [0.4, 0.5) is 0 Å². The Morgan fingerprint density at radius 2 is 2.33 bits per heavy atom. The van der Waals surface area contributed by atoms with Gasteiger partial charge < -0.3 is 4.74 Å². The monoisotopic (exact) mass is 320 g/mol. The molecule has 108 valence electrons. The molecule has 0 amide bonds. The molecule has 6 nitrogen and oxygen atoms in total. The molecule has 0 bridgehead atoms. The molecule has 3 aromatic rings. The molecule has 0 fully saturated rings. The van der Waals surface area contributed by atoms with Crippen molar-refractivity contribution in [2.24, 2.45) is 0 Å². The average Bonchev–Trinajstić information content (AvgIpc) is 3.07. The second-order valence-corrected chi connectivity index (χ2v) is 5.87. The minimum absolute atomic E-state index is 0.335. The molecule has 0 radical (unpaired) electrons. The lowest BCUT2D eigenvalue weighted by atomic mass is 10.4. The predicted molar refractivity (Wildman–Crippen MR) is 81.8 cm³/mol. The Kier molecular flexibility index (Phi) is 3.89.